The van der Waals surface area contributed by atoms with Gasteiger partial charge in [-0.2, -0.15) is 0 Å². The number of fused-ring (bicyclic) bond motifs is 5. The smallest absolute Gasteiger partial charge is 0.208 e. The van der Waals surface area contributed by atoms with E-state index < -0.39 is 5.41 Å². The second-order valence-electron chi connectivity index (χ2n) is 5.41. The van der Waals surface area contributed by atoms with Crippen LogP contribution in [-0.4, -0.2) is 25.8 Å². The predicted molar refractivity (Wildman–Crippen MR) is 63.4 cm³/mol. The summed E-state index contributed by atoms with van der Waals surface area (Å²) in [4.78, 5) is 25.1. The zero-order valence-corrected chi connectivity index (χ0v) is 10.7. The Morgan fingerprint density at radius 2 is 1.83 bits per heavy atom. The Morgan fingerprint density at radius 1 is 1.17 bits per heavy atom. The van der Waals surface area contributed by atoms with Gasteiger partial charge >= 0.3 is 0 Å². The summed E-state index contributed by atoms with van der Waals surface area (Å²) in [7, 11) is 2.82. The van der Waals surface area contributed by atoms with Crippen LogP contribution in [0.4, 0.5) is 0 Å². The zero-order chi connectivity index (χ0) is 13.1. The summed E-state index contributed by atoms with van der Waals surface area (Å²) in [5, 5.41) is 0. The molecule has 4 nitrogen and oxygen atoms in total. The zero-order valence-electron chi connectivity index (χ0n) is 10.7. The number of hydrogen-bond acceptors (Lipinski definition) is 4. The van der Waals surface area contributed by atoms with E-state index in [2.05, 4.69) is 12.2 Å². The van der Waals surface area contributed by atoms with Crippen molar-refractivity contribution in [2.45, 2.75) is 13.3 Å². The summed E-state index contributed by atoms with van der Waals surface area (Å²) in [6.45, 7) is 1.89. The molecule has 0 N–H and O–H groups in total. The molecular formula is C14H16O4. The average molecular weight is 249 g/mol. The minimum atomic E-state index is -0.649. The van der Waals surface area contributed by atoms with Crippen LogP contribution in [0.15, 0.2) is 23.7 Å². The molecule has 2 bridgehead atoms. The summed E-state index contributed by atoms with van der Waals surface area (Å²) < 4.78 is 10.2. The standard InChI is InChI=1S/C14H16O4/c1-14-8-5-4-7(6-8)9(14)10(15)11(17-2)12(18-3)13(14)16/h4-5,7-9H,6H2,1-3H3/t7-,8+,9+,14+/m1/s1/i12+1. The molecule has 3 aliphatic carbocycles. The quantitative estimate of drug-likeness (QED) is 0.549. The van der Waals surface area contributed by atoms with Crippen LogP contribution in [0.25, 0.3) is 0 Å². The molecule has 0 saturated heterocycles. The van der Waals surface area contributed by atoms with Gasteiger partial charge in [-0.15, -0.1) is 0 Å². The topological polar surface area (TPSA) is 52.6 Å². The molecule has 18 heavy (non-hydrogen) atoms. The Morgan fingerprint density at radius 3 is 2.44 bits per heavy atom. The van der Waals surface area contributed by atoms with E-state index in [1.54, 1.807) is 0 Å². The highest BCUT2D eigenvalue weighted by Gasteiger charge is 2.64. The maximum absolute atomic E-state index is 12.6. The SMILES string of the molecule is COC1=[13C](OC)C(=O)[C@]2(C)[C@H](C1=O)[C@@H]1C=C[C@H]2C1. The third-order valence-corrected chi connectivity index (χ3v) is 4.78. The Hall–Kier alpha value is -1.58. The van der Waals surface area contributed by atoms with Gasteiger partial charge in [-0.1, -0.05) is 19.1 Å². The average Bonchev–Trinajstić information content (AvgIpc) is 2.93. The highest BCUT2D eigenvalue weighted by atomic mass is 16.6. The number of ether oxygens (including phenoxy) is 2. The summed E-state index contributed by atoms with van der Waals surface area (Å²) >= 11 is 0. The molecule has 3 rings (SSSR count). The molecule has 96 valence electrons. The van der Waals surface area contributed by atoms with Crippen LogP contribution in [0.5, 0.6) is 0 Å². The van der Waals surface area contributed by atoms with Crippen LogP contribution in [0.1, 0.15) is 13.3 Å². The van der Waals surface area contributed by atoms with Crippen LogP contribution < -0.4 is 0 Å². The third kappa shape index (κ3) is 1.06. The normalized spacial score (nSPS) is 41.4. The number of rotatable bonds is 2. The van der Waals surface area contributed by atoms with Crippen LogP contribution >= 0.6 is 0 Å². The molecule has 0 spiro atoms. The molecule has 4 heteroatoms. The molecule has 0 aromatic carbocycles. The van der Waals surface area contributed by atoms with E-state index in [1.165, 1.54) is 14.2 Å². The fraction of sp³-hybridized carbons (Fsp3) is 0.571. The van der Waals surface area contributed by atoms with Crippen molar-refractivity contribution in [2.24, 2.45) is 23.2 Å². The monoisotopic (exact) mass is 249 g/mol. The summed E-state index contributed by atoms with van der Waals surface area (Å²) in [5.74, 6) is 0.0195. The minimum absolute atomic E-state index is 0.0854. The molecule has 3 aliphatic rings. The van der Waals surface area contributed by atoms with Crippen molar-refractivity contribution in [3.63, 3.8) is 0 Å². The van der Waals surface area contributed by atoms with Gasteiger partial charge in [0.15, 0.2) is 0 Å². The molecule has 1 saturated carbocycles. The van der Waals surface area contributed by atoms with Crippen molar-refractivity contribution in [1.29, 1.82) is 0 Å². The van der Waals surface area contributed by atoms with Crippen molar-refractivity contribution < 1.29 is 19.1 Å². The van der Waals surface area contributed by atoms with Crippen molar-refractivity contribution in [3.05, 3.63) is 23.7 Å². The highest BCUT2D eigenvalue weighted by molar-refractivity contribution is 6.14. The van der Waals surface area contributed by atoms with Crippen LogP contribution in [-0.2, 0) is 19.1 Å². The summed E-state index contributed by atoms with van der Waals surface area (Å²) in [6.07, 6.45) is 5.01. The first-order valence-corrected chi connectivity index (χ1v) is 6.15. The molecule has 0 aromatic heterocycles. The van der Waals surface area contributed by atoms with Crippen molar-refractivity contribution >= 4 is 11.6 Å². The second kappa shape index (κ2) is 3.46. The molecule has 4 atom stereocenters. The number of methoxy groups -OCH3 is 2. The fourth-order valence-electron chi connectivity index (χ4n) is 3.85. The van der Waals surface area contributed by atoms with Crippen molar-refractivity contribution in [3.8, 4) is 0 Å². The number of hydrogen-bond donors (Lipinski definition) is 0. The molecule has 1 fully saturated rings. The minimum Gasteiger partial charge on any atom is -0.490 e. The van der Waals surface area contributed by atoms with Gasteiger partial charge in [-0.3, -0.25) is 9.59 Å². The van der Waals surface area contributed by atoms with E-state index in [9.17, 15) is 9.59 Å². The number of ketones is 2. The van der Waals surface area contributed by atoms with E-state index in [1.807, 2.05) is 6.92 Å². The van der Waals surface area contributed by atoms with Crippen LogP contribution in [0, 0.1) is 23.2 Å². The Bertz CT molecular complexity index is 502. The van der Waals surface area contributed by atoms with Gasteiger partial charge in [-0.25, -0.2) is 0 Å². The first kappa shape index (κ1) is 11.5. The van der Waals surface area contributed by atoms with E-state index >= 15 is 0 Å². The number of carbonyl (C=O) groups excluding carboxylic acids is 2. The lowest BCUT2D eigenvalue weighted by molar-refractivity contribution is -0.143. The number of Topliss-reactive ketones (excluding diaryl/α,β-unsaturated/α-hetero) is 2. The lowest BCUT2D eigenvalue weighted by atomic mass is 9.65. The molecule has 0 unspecified atom stereocenters. The highest BCUT2D eigenvalue weighted by Crippen LogP contribution is 2.60. The summed E-state index contributed by atoms with van der Waals surface area (Å²) in [6, 6.07) is 0. The van der Waals surface area contributed by atoms with Gasteiger partial charge in [-0.05, 0) is 18.3 Å². The predicted octanol–water partition coefficient (Wildman–Crippen LogP) is 1.47. The van der Waals surface area contributed by atoms with Crippen LogP contribution in [0.2, 0.25) is 0 Å². The molecule has 0 amide bonds. The summed E-state index contributed by atoms with van der Waals surface area (Å²) in [5.41, 5.74) is -0.649. The molecule has 0 heterocycles. The van der Waals surface area contributed by atoms with E-state index in [0.29, 0.717) is 0 Å². The first-order chi connectivity index (χ1) is 8.55. The first-order valence-electron chi connectivity index (χ1n) is 6.15. The van der Waals surface area contributed by atoms with Crippen molar-refractivity contribution in [2.75, 3.05) is 14.2 Å². The Kier molecular flexibility index (Phi) is 2.22. The van der Waals surface area contributed by atoms with E-state index in [-0.39, 0.29) is 40.8 Å². The largest absolute Gasteiger partial charge is 0.490 e. The van der Waals surface area contributed by atoms with E-state index in [4.69, 9.17) is 9.47 Å². The maximum atomic E-state index is 12.6. The number of allylic oxidation sites excluding steroid dienone is 4. The lowest BCUT2D eigenvalue weighted by Crippen LogP contribution is -2.49. The van der Waals surface area contributed by atoms with Gasteiger partial charge in [0.1, 0.15) is 0 Å². The Labute approximate surface area is 106 Å². The molecule has 0 aromatic rings. The van der Waals surface area contributed by atoms with Gasteiger partial charge in [0.05, 0.1) is 19.6 Å². The molecule has 0 aliphatic heterocycles. The lowest BCUT2D eigenvalue weighted by Gasteiger charge is -2.40. The van der Waals surface area contributed by atoms with Crippen LogP contribution in [0.3, 0.4) is 0 Å². The molecular weight excluding hydrogens is 233 g/mol. The van der Waals surface area contributed by atoms with Gasteiger partial charge in [0.2, 0.25) is 23.1 Å². The second-order valence-corrected chi connectivity index (χ2v) is 5.41. The van der Waals surface area contributed by atoms with Gasteiger partial charge < -0.3 is 9.47 Å². The van der Waals surface area contributed by atoms with Gasteiger partial charge in [0, 0.05) is 5.92 Å². The van der Waals surface area contributed by atoms with Crippen molar-refractivity contribution in [1.82, 2.24) is 0 Å². The van der Waals surface area contributed by atoms with Gasteiger partial charge in [0.25, 0.3) is 0 Å². The number of carbonyl (C=O) groups is 2. The Balaban J connectivity index is 2.18. The molecule has 0 radical (unpaired) electrons. The van der Waals surface area contributed by atoms with E-state index in [0.717, 1.165) is 6.42 Å². The fourth-order valence-corrected chi connectivity index (χ4v) is 3.85. The maximum Gasteiger partial charge on any atom is 0.208 e. The third-order valence-electron chi connectivity index (χ3n) is 4.78.